The van der Waals surface area contributed by atoms with E-state index < -0.39 is 0 Å². The zero-order chi connectivity index (χ0) is 14.5. The van der Waals surface area contributed by atoms with Crippen molar-refractivity contribution < 1.29 is 9.90 Å². The summed E-state index contributed by atoms with van der Waals surface area (Å²) < 4.78 is 0. The summed E-state index contributed by atoms with van der Waals surface area (Å²) in [5, 5.41) is 11.8. The van der Waals surface area contributed by atoms with E-state index in [1.54, 1.807) is 4.90 Å². The van der Waals surface area contributed by atoms with Crippen molar-refractivity contribution in [3.63, 3.8) is 0 Å². The highest BCUT2D eigenvalue weighted by molar-refractivity contribution is 5.89. The fourth-order valence-corrected chi connectivity index (χ4v) is 2.51. The number of urea groups is 1. The molecular formula is C15H23N3O2. The Morgan fingerprint density at radius 1 is 1.50 bits per heavy atom. The number of likely N-dealkylation sites (tertiary alicyclic amines) is 1. The maximum atomic E-state index is 12.1. The number of benzene rings is 1. The first-order valence-electron chi connectivity index (χ1n) is 7.12. The smallest absolute Gasteiger partial charge is 0.321 e. The van der Waals surface area contributed by atoms with Crippen LogP contribution in [0.15, 0.2) is 24.3 Å². The first-order valence-corrected chi connectivity index (χ1v) is 7.12. The third-order valence-electron chi connectivity index (χ3n) is 3.80. The van der Waals surface area contributed by atoms with Crippen molar-refractivity contribution in [2.24, 2.45) is 11.7 Å². The Morgan fingerprint density at radius 2 is 2.20 bits per heavy atom. The summed E-state index contributed by atoms with van der Waals surface area (Å²) in [5.74, 6) is 0.422. The molecule has 2 amide bonds. The standard InChI is InChI=1S/C15H23N3O2/c1-11(16)13-2-4-14(5-3-13)17-15(20)18-8-6-12(10-18)7-9-19/h2-5,11-12,19H,6-10,16H2,1H3,(H,17,20). The monoisotopic (exact) mass is 277 g/mol. The van der Waals surface area contributed by atoms with Gasteiger partial charge in [-0.15, -0.1) is 0 Å². The highest BCUT2D eigenvalue weighted by atomic mass is 16.3. The molecule has 5 nitrogen and oxygen atoms in total. The van der Waals surface area contributed by atoms with Crippen LogP contribution >= 0.6 is 0 Å². The minimum absolute atomic E-state index is 0.00225. The normalized spacial score (nSPS) is 19.9. The van der Waals surface area contributed by atoms with E-state index in [1.165, 1.54) is 0 Å². The predicted octanol–water partition coefficient (Wildman–Crippen LogP) is 1.94. The van der Waals surface area contributed by atoms with Gasteiger partial charge in [0.1, 0.15) is 0 Å². The zero-order valence-electron chi connectivity index (χ0n) is 11.9. The first kappa shape index (κ1) is 14.8. The molecule has 5 heteroatoms. The van der Waals surface area contributed by atoms with E-state index in [4.69, 9.17) is 10.8 Å². The van der Waals surface area contributed by atoms with E-state index in [9.17, 15) is 4.79 Å². The lowest BCUT2D eigenvalue weighted by Gasteiger charge is -2.17. The Labute approximate surface area is 119 Å². The minimum Gasteiger partial charge on any atom is -0.396 e. The second-order valence-electron chi connectivity index (χ2n) is 5.45. The van der Waals surface area contributed by atoms with E-state index in [-0.39, 0.29) is 18.7 Å². The van der Waals surface area contributed by atoms with Crippen LogP contribution in [-0.4, -0.2) is 35.7 Å². The molecule has 1 heterocycles. The van der Waals surface area contributed by atoms with Crippen molar-refractivity contribution in [3.05, 3.63) is 29.8 Å². The second kappa shape index (κ2) is 6.72. The number of aliphatic hydroxyl groups is 1. The molecule has 0 saturated carbocycles. The van der Waals surface area contributed by atoms with Gasteiger partial charge in [-0.2, -0.15) is 0 Å². The van der Waals surface area contributed by atoms with Gasteiger partial charge in [-0.1, -0.05) is 12.1 Å². The van der Waals surface area contributed by atoms with Gasteiger partial charge in [0.15, 0.2) is 0 Å². The van der Waals surface area contributed by atoms with Crippen molar-refractivity contribution in [2.45, 2.75) is 25.8 Å². The maximum Gasteiger partial charge on any atom is 0.321 e. The van der Waals surface area contributed by atoms with Gasteiger partial charge in [0.05, 0.1) is 0 Å². The molecule has 20 heavy (non-hydrogen) atoms. The van der Waals surface area contributed by atoms with Crippen LogP contribution in [-0.2, 0) is 0 Å². The van der Waals surface area contributed by atoms with Crippen molar-refractivity contribution in [1.29, 1.82) is 0 Å². The largest absolute Gasteiger partial charge is 0.396 e. The van der Waals surface area contributed by atoms with Crippen molar-refractivity contribution in [1.82, 2.24) is 4.90 Å². The Balaban J connectivity index is 1.88. The average molecular weight is 277 g/mol. The van der Waals surface area contributed by atoms with Gasteiger partial charge in [-0.25, -0.2) is 4.79 Å². The average Bonchev–Trinajstić information content (AvgIpc) is 2.88. The number of hydrogen-bond donors (Lipinski definition) is 3. The fraction of sp³-hybridized carbons (Fsp3) is 0.533. The van der Waals surface area contributed by atoms with Crippen LogP contribution in [0.25, 0.3) is 0 Å². The van der Waals surface area contributed by atoms with Gasteiger partial charge in [0.2, 0.25) is 0 Å². The summed E-state index contributed by atoms with van der Waals surface area (Å²) in [6.45, 7) is 3.61. The molecule has 1 aromatic rings. The summed E-state index contributed by atoms with van der Waals surface area (Å²) in [6.07, 6.45) is 1.74. The quantitative estimate of drug-likeness (QED) is 0.787. The molecule has 1 saturated heterocycles. The number of anilines is 1. The van der Waals surface area contributed by atoms with E-state index in [0.29, 0.717) is 5.92 Å². The van der Waals surface area contributed by atoms with Gasteiger partial charge in [-0.3, -0.25) is 0 Å². The van der Waals surface area contributed by atoms with Crippen LogP contribution in [0.4, 0.5) is 10.5 Å². The number of nitrogens with zero attached hydrogens (tertiary/aromatic N) is 1. The third kappa shape index (κ3) is 3.71. The number of hydrogen-bond acceptors (Lipinski definition) is 3. The lowest BCUT2D eigenvalue weighted by Crippen LogP contribution is -2.33. The highest BCUT2D eigenvalue weighted by Gasteiger charge is 2.25. The molecule has 0 aliphatic carbocycles. The van der Waals surface area contributed by atoms with E-state index in [1.807, 2.05) is 31.2 Å². The zero-order valence-corrected chi connectivity index (χ0v) is 11.9. The molecule has 1 aromatic carbocycles. The Morgan fingerprint density at radius 3 is 2.80 bits per heavy atom. The lowest BCUT2D eigenvalue weighted by molar-refractivity contribution is 0.217. The van der Waals surface area contributed by atoms with Gasteiger partial charge >= 0.3 is 6.03 Å². The Kier molecular flexibility index (Phi) is 4.98. The molecule has 2 atom stereocenters. The number of nitrogens with two attached hydrogens (primary N) is 1. The van der Waals surface area contributed by atoms with Crippen LogP contribution in [0.1, 0.15) is 31.4 Å². The van der Waals surface area contributed by atoms with Crippen molar-refractivity contribution >= 4 is 11.7 Å². The second-order valence-corrected chi connectivity index (χ2v) is 5.45. The summed E-state index contributed by atoms with van der Waals surface area (Å²) >= 11 is 0. The van der Waals surface area contributed by atoms with Crippen LogP contribution in [0.3, 0.4) is 0 Å². The van der Waals surface area contributed by atoms with Gasteiger partial charge < -0.3 is 21.1 Å². The molecule has 0 bridgehead atoms. The van der Waals surface area contributed by atoms with Crippen LogP contribution in [0.2, 0.25) is 0 Å². The third-order valence-corrected chi connectivity index (χ3v) is 3.80. The number of carbonyl (C=O) groups is 1. The maximum absolute atomic E-state index is 12.1. The van der Waals surface area contributed by atoms with Crippen LogP contribution in [0.5, 0.6) is 0 Å². The number of carbonyl (C=O) groups excluding carboxylic acids is 1. The van der Waals surface area contributed by atoms with Crippen molar-refractivity contribution in [3.8, 4) is 0 Å². The van der Waals surface area contributed by atoms with Crippen LogP contribution in [0, 0.1) is 5.92 Å². The summed E-state index contributed by atoms with van der Waals surface area (Å²) in [4.78, 5) is 13.9. The number of aliphatic hydroxyl groups excluding tert-OH is 1. The molecule has 2 unspecified atom stereocenters. The summed E-state index contributed by atoms with van der Waals surface area (Å²) in [7, 11) is 0. The Hall–Kier alpha value is -1.59. The number of nitrogens with one attached hydrogen (secondary N) is 1. The first-order chi connectivity index (χ1) is 9.60. The number of amides is 2. The Bertz CT molecular complexity index is 445. The van der Waals surface area contributed by atoms with E-state index in [2.05, 4.69) is 5.32 Å². The summed E-state index contributed by atoms with van der Waals surface area (Å²) in [5.41, 5.74) is 7.62. The van der Waals surface area contributed by atoms with Gasteiger partial charge in [-0.05, 0) is 43.4 Å². The molecule has 1 aliphatic rings. The summed E-state index contributed by atoms with van der Waals surface area (Å²) in [6, 6.07) is 7.53. The van der Waals surface area contributed by atoms with Gasteiger partial charge in [0, 0.05) is 31.4 Å². The lowest BCUT2D eigenvalue weighted by atomic mass is 10.1. The molecule has 1 aliphatic heterocycles. The molecular weight excluding hydrogens is 254 g/mol. The molecule has 4 N–H and O–H groups in total. The predicted molar refractivity (Wildman–Crippen MR) is 79.4 cm³/mol. The fourth-order valence-electron chi connectivity index (χ4n) is 2.51. The highest BCUT2D eigenvalue weighted by Crippen LogP contribution is 2.20. The van der Waals surface area contributed by atoms with Crippen molar-refractivity contribution in [2.75, 3.05) is 25.0 Å². The molecule has 0 radical (unpaired) electrons. The topological polar surface area (TPSA) is 78.6 Å². The van der Waals surface area contributed by atoms with Crippen LogP contribution < -0.4 is 11.1 Å². The molecule has 110 valence electrons. The molecule has 0 aromatic heterocycles. The van der Waals surface area contributed by atoms with E-state index >= 15 is 0 Å². The SMILES string of the molecule is CC(N)c1ccc(NC(=O)N2CCC(CCO)C2)cc1. The van der Waals surface area contributed by atoms with E-state index in [0.717, 1.165) is 37.2 Å². The van der Waals surface area contributed by atoms with Gasteiger partial charge in [0.25, 0.3) is 0 Å². The minimum atomic E-state index is -0.0704. The number of rotatable bonds is 4. The molecule has 0 spiro atoms. The molecule has 2 rings (SSSR count). The molecule has 1 fully saturated rings.